The molecule has 2 fully saturated rings. The van der Waals surface area contributed by atoms with Gasteiger partial charge in [-0.1, -0.05) is 11.6 Å². The second-order valence-corrected chi connectivity index (χ2v) is 5.95. The number of benzene rings is 1. The van der Waals surface area contributed by atoms with Crippen molar-refractivity contribution in [3.05, 3.63) is 28.8 Å². The Balaban J connectivity index is 1.69. The number of hydrogen-bond acceptors (Lipinski definition) is 3. The normalized spacial score (nSPS) is 27.2. The molecule has 110 valence electrons. The predicted molar refractivity (Wildman–Crippen MR) is 76.5 cm³/mol. The zero-order valence-electron chi connectivity index (χ0n) is 11.3. The highest BCUT2D eigenvalue weighted by Crippen LogP contribution is 2.37. The zero-order chi connectivity index (χ0) is 15.0. The molecule has 0 radical (unpaired) electrons. The first-order valence-electron chi connectivity index (χ1n) is 6.96. The number of amides is 1. The van der Waals surface area contributed by atoms with Crippen molar-refractivity contribution in [1.82, 2.24) is 4.90 Å². The molecule has 6 heteroatoms. The second-order valence-electron chi connectivity index (χ2n) is 5.54. The summed E-state index contributed by atoms with van der Waals surface area (Å²) >= 11 is 5.99. The number of piperidine rings is 1. The highest BCUT2D eigenvalue weighted by atomic mass is 35.5. The van der Waals surface area contributed by atoms with Crippen LogP contribution in [0.15, 0.2) is 18.2 Å². The number of hydrogen-bond donors (Lipinski definition) is 1. The number of rotatable bonds is 2. The van der Waals surface area contributed by atoms with E-state index in [1.54, 1.807) is 23.1 Å². The van der Waals surface area contributed by atoms with Crippen LogP contribution in [0.4, 0.5) is 4.79 Å². The van der Waals surface area contributed by atoms with E-state index in [0.29, 0.717) is 29.2 Å². The zero-order valence-corrected chi connectivity index (χ0v) is 12.1. The molecule has 2 aliphatic rings. The first kappa shape index (κ1) is 14.0. The van der Waals surface area contributed by atoms with Crippen LogP contribution in [-0.4, -0.2) is 34.3 Å². The van der Waals surface area contributed by atoms with Gasteiger partial charge >= 0.3 is 6.09 Å². The van der Waals surface area contributed by atoms with Gasteiger partial charge in [-0.25, -0.2) is 4.79 Å². The summed E-state index contributed by atoms with van der Waals surface area (Å²) in [4.78, 5) is 12.8. The Kier molecular flexibility index (Phi) is 3.64. The number of ether oxygens (including phenoxy) is 1. The lowest BCUT2D eigenvalue weighted by Crippen LogP contribution is -2.48. The fourth-order valence-corrected chi connectivity index (χ4v) is 3.60. The second kappa shape index (κ2) is 5.45. The van der Waals surface area contributed by atoms with Crippen molar-refractivity contribution in [2.75, 3.05) is 0 Å². The van der Waals surface area contributed by atoms with Crippen molar-refractivity contribution in [2.24, 2.45) is 0 Å². The van der Waals surface area contributed by atoms with Crippen molar-refractivity contribution < 1.29 is 14.6 Å². The lowest BCUT2D eigenvalue weighted by molar-refractivity contribution is 0.0496. The first-order valence-corrected chi connectivity index (χ1v) is 7.34. The van der Waals surface area contributed by atoms with E-state index in [-0.39, 0.29) is 18.2 Å². The molecular weight excluding hydrogens is 292 g/mol. The summed E-state index contributed by atoms with van der Waals surface area (Å²) < 4.78 is 5.93. The van der Waals surface area contributed by atoms with Crippen LogP contribution in [0.25, 0.3) is 0 Å². The predicted octanol–water partition coefficient (Wildman–Crippen LogP) is 3.26. The van der Waals surface area contributed by atoms with Crippen molar-refractivity contribution >= 4 is 17.7 Å². The highest BCUT2D eigenvalue weighted by Gasteiger charge is 2.44. The van der Waals surface area contributed by atoms with Crippen LogP contribution in [0.1, 0.15) is 31.2 Å². The molecule has 5 nitrogen and oxygen atoms in total. The molecule has 0 saturated carbocycles. The van der Waals surface area contributed by atoms with Gasteiger partial charge < -0.3 is 14.7 Å². The van der Waals surface area contributed by atoms with E-state index in [4.69, 9.17) is 21.6 Å². The number of carbonyl (C=O) groups is 1. The fraction of sp³-hybridized carbons (Fsp3) is 0.467. The first-order chi connectivity index (χ1) is 10.1. The number of fused-ring (bicyclic) bond motifs is 2. The van der Waals surface area contributed by atoms with E-state index in [1.165, 1.54) is 0 Å². The maximum atomic E-state index is 11.2. The van der Waals surface area contributed by atoms with Crippen LogP contribution in [-0.2, 0) is 0 Å². The summed E-state index contributed by atoms with van der Waals surface area (Å²) in [5, 5.41) is 18.5. The van der Waals surface area contributed by atoms with E-state index in [2.05, 4.69) is 0 Å². The van der Waals surface area contributed by atoms with Gasteiger partial charge in [0, 0.05) is 31.0 Å². The maximum Gasteiger partial charge on any atom is 0.407 e. The average molecular weight is 307 g/mol. The minimum absolute atomic E-state index is 0.00195. The van der Waals surface area contributed by atoms with Crippen LogP contribution in [0.5, 0.6) is 5.75 Å². The molecule has 2 heterocycles. The molecule has 2 bridgehead atoms. The summed E-state index contributed by atoms with van der Waals surface area (Å²) in [6, 6.07) is 7.13. The third-order valence-corrected chi connectivity index (χ3v) is 4.59. The molecule has 1 N–H and O–H groups in total. The van der Waals surface area contributed by atoms with Crippen LogP contribution in [0.2, 0.25) is 5.02 Å². The Bertz CT molecular complexity index is 599. The van der Waals surface area contributed by atoms with Gasteiger partial charge in [-0.05, 0) is 25.0 Å². The van der Waals surface area contributed by atoms with Gasteiger partial charge in [0.2, 0.25) is 0 Å². The Morgan fingerprint density at radius 1 is 1.38 bits per heavy atom. The Labute approximate surface area is 127 Å². The summed E-state index contributed by atoms with van der Waals surface area (Å²) in [5.41, 5.74) is 0.421. The highest BCUT2D eigenvalue weighted by molar-refractivity contribution is 6.31. The Morgan fingerprint density at radius 3 is 2.57 bits per heavy atom. The van der Waals surface area contributed by atoms with E-state index < -0.39 is 6.09 Å². The van der Waals surface area contributed by atoms with E-state index >= 15 is 0 Å². The molecule has 2 aliphatic heterocycles. The van der Waals surface area contributed by atoms with Gasteiger partial charge in [0.25, 0.3) is 0 Å². The summed E-state index contributed by atoms with van der Waals surface area (Å²) in [7, 11) is 0. The van der Waals surface area contributed by atoms with E-state index in [1.807, 2.05) is 6.07 Å². The Morgan fingerprint density at radius 2 is 2.05 bits per heavy atom. The van der Waals surface area contributed by atoms with E-state index in [9.17, 15) is 9.90 Å². The molecule has 3 rings (SSSR count). The third-order valence-electron chi connectivity index (χ3n) is 4.27. The molecule has 1 amide bonds. The molecule has 3 atom stereocenters. The summed E-state index contributed by atoms with van der Waals surface area (Å²) in [5.74, 6) is 0.632. The molecule has 0 aromatic heterocycles. The Hall–Kier alpha value is -1.93. The molecule has 21 heavy (non-hydrogen) atoms. The van der Waals surface area contributed by atoms with Crippen LogP contribution >= 0.6 is 11.6 Å². The third kappa shape index (κ3) is 2.64. The number of nitrogens with zero attached hydrogens (tertiary/aromatic N) is 2. The van der Waals surface area contributed by atoms with Crippen LogP contribution < -0.4 is 4.74 Å². The number of carboxylic acid groups (broad SMARTS) is 1. The van der Waals surface area contributed by atoms with Gasteiger partial charge in [-0.15, -0.1) is 0 Å². The van der Waals surface area contributed by atoms with Crippen LogP contribution in [0.3, 0.4) is 0 Å². The molecular formula is C15H15ClN2O3. The van der Waals surface area contributed by atoms with Crippen LogP contribution in [0, 0.1) is 11.3 Å². The largest absolute Gasteiger partial charge is 0.490 e. The minimum atomic E-state index is -0.831. The maximum absolute atomic E-state index is 11.2. The summed E-state index contributed by atoms with van der Waals surface area (Å²) in [6.45, 7) is 0. The van der Waals surface area contributed by atoms with Gasteiger partial charge in [0.15, 0.2) is 0 Å². The fourth-order valence-electron chi connectivity index (χ4n) is 3.39. The van der Waals surface area contributed by atoms with Crippen molar-refractivity contribution in [3.63, 3.8) is 0 Å². The molecule has 0 spiro atoms. The van der Waals surface area contributed by atoms with Gasteiger partial charge in [-0.3, -0.25) is 0 Å². The molecule has 0 aliphatic carbocycles. The standard InChI is InChI=1S/C15H15ClN2O3/c16-14-7-12(4-1-9(14)8-17)21-13-5-10-2-3-11(6-13)18(10)15(19)20/h1,4,7,10-11,13H,2-3,5-6H2,(H,19,20)/t10-,11+,13-. The van der Waals surface area contributed by atoms with Crippen molar-refractivity contribution in [2.45, 2.75) is 43.9 Å². The van der Waals surface area contributed by atoms with Crippen molar-refractivity contribution in [3.8, 4) is 11.8 Å². The smallest absolute Gasteiger partial charge is 0.407 e. The molecule has 1 aromatic rings. The molecule has 0 unspecified atom stereocenters. The van der Waals surface area contributed by atoms with Gasteiger partial charge in [-0.2, -0.15) is 5.26 Å². The van der Waals surface area contributed by atoms with Crippen molar-refractivity contribution in [1.29, 1.82) is 5.26 Å². The van der Waals surface area contributed by atoms with E-state index in [0.717, 1.165) is 12.8 Å². The molecule has 2 saturated heterocycles. The van der Waals surface area contributed by atoms with Gasteiger partial charge in [0.1, 0.15) is 17.9 Å². The molecule has 1 aromatic carbocycles. The lowest BCUT2D eigenvalue weighted by atomic mass is 10.00. The average Bonchev–Trinajstić information content (AvgIpc) is 2.71. The van der Waals surface area contributed by atoms with Gasteiger partial charge in [0.05, 0.1) is 10.6 Å². The number of nitriles is 1. The quantitative estimate of drug-likeness (QED) is 0.910. The monoisotopic (exact) mass is 306 g/mol. The lowest BCUT2D eigenvalue weighted by Gasteiger charge is -2.37. The number of halogens is 1. The topological polar surface area (TPSA) is 73.6 Å². The minimum Gasteiger partial charge on any atom is -0.490 e. The SMILES string of the molecule is N#Cc1ccc(O[C@@H]2C[C@H]3CC[C@@H](C2)N3C(=O)O)cc1Cl. The summed E-state index contributed by atoms with van der Waals surface area (Å²) in [6.07, 6.45) is 2.40.